The first-order chi connectivity index (χ1) is 11.7. The summed E-state index contributed by atoms with van der Waals surface area (Å²) in [5, 5.41) is 11.8. The molecular weight excluding hydrogens is 392 g/mol. The largest absolute Gasteiger partial charge is 0.454 e. The molecule has 0 aliphatic carbocycles. The highest BCUT2D eigenvalue weighted by atomic mass is 79.9. The highest BCUT2D eigenvalue weighted by Crippen LogP contribution is 2.38. The van der Waals surface area contributed by atoms with Crippen LogP contribution in [0.5, 0.6) is 11.5 Å². The van der Waals surface area contributed by atoms with Crippen molar-refractivity contribution in [2.24, 2.45) is 0 Å². The normalized spacial score (nSPS) is 11.8. The fourth-order valence-corrected chi connectivity index (χ4v) is 3.67. The Balaban J connectivity index is 1.55. The summed E-state index contributed by atoms with van der Waals surface area (Å²) in [5.74, 6) is 2.26. The average molecular weight is 405 g/mol. The van der Waals surface area contributed by atoms with Crippen molar-refractivity contribution in [2.45, 2.75) is 5.75 Å². The molecule has 7 heteroatoms. The van der Waals surface area contributed by atoms with Gasteiger partial charge < -0.3 is 14.8 Å². The molecule has 0 saturated carbocycles. The minimum absolute atomic E-state index is 0.139. The molecule has 1 aliphatic rings. The number of fused-ring (bicyclic) bond motifs is 1. The van der Waals surface area contributed by atoms with Gasteiger partial charge in [-0.1, -0.05) is 28.1 Å². The lowest BCUT2D eigenvalue weighted by atomic mass is 10.2. The van der Waals surface area contributed by atoms with Crippen LogP contribution in [0.3, 0.4) is 0 Å². The number of benzene rings is 2. The Labute approximate surface area is 152 Å². The molecule has 122 valence electrons. The Bertz CT molecular complexity index is 820. The lowest BCUT2D eigenvalue weighted by Gasteiger charge is -2.08. The molecule has 1 aliphatic heterocycles. The number of amides is 1. The summed E-state index contributed by atoms with van der Waals surface area (Å²) in [5.41, 5.74) is 2.03. The fraction of sp³-hybridized carbons (Fsp3) is 0.176. The molecule has 0 atom stereocenters. The quantitative estimate of drug-likeness (QED) is 0.817. The first-order valence-electron chi connectivity index (χ1n) is 7.12. The van der Waals surface area contributed by atoms with E-state index in [0.29, 0.717) is 22.8 Å². The molecule has 0 bridgehead atoms. The van der Waals surface area contributed by atoms with Crippen molar-refractivity contribution in [3.63, 3.8) is 0 Å². The number of thioether (sulfide) groups is 1. The lowest BCUT2D eigenvalue weighted by Crippen LogP contribution is -2.15. The topological polar surface area (TPSA) is 71.4 Å². The molecule has 0 saturated heterocycles. The number of nitriles is 1. The Kier molecular flexibility index (Phi) is 5.28. The zero-order valence-corrected chi connectivity index (χ0v) is 14.9. The zero-order valence-electron chi connectivity index (χ0n) is 12.5. The summed E-state index contributed by atoms with van der Waals surface area (Å²) in [6.07, 6.45) is 0. The number of nitrogens with one attached hydrogen (secondary N) is 1. The van der Waals surface area contributed by atoms with Crippen molar-refractivity contribution in [2.75, 3.05) is 17.9 Å². The predicted octanol–water partition coefficient (Wildman–Crippen LogP) is 3.92. The van der Waals surface area contributed by atoms with E-state index < -0.39 is 0 Å². The molecule has 0 spiro atoms. The summed E-state index contributed by atoms with van der Waals surface area (Å²) in [6, 6.07) is 12.8. The van der Waals surface area contributed by atoms with Gasteiger partial charge in [0, 0.05) is 10.2 Å². The smallest absolute Gasteiger partial charge is 0.234 e. The van der Waals surface area contributed by atoms with Crippen LogP contribution in [0.2, 0.25) is 0 Å². The Hall–Kier alpha value is -2.17. The maximum atomic E-state index is 12.0. The number of halogens is 1. The molecule has 1 N–H and O–H groups in total. The van der Waals surface area contributed by atoms with Crippen LogP contribution in [0.4, 0.5) is 5.69 Å². The van der Waals surface area contributed by atoms with Gasteiger partial charge in [-0.05, 0) is 29.8 Å². The van der Waals surface area contributed by atoms with E-state index in [-0.39, 0.29) is 12.7 Å². The monoisotopic (exact) mass is 404 g/mol. The van der Waals surface area contributed by atoms with E-state index in [1.165, 1.54) is 11.8 Å². The van der Waals surface area contributed by atoms with E-state index in [9.17, 15) is 4.79 Å². The fourth-order valence-electron chi connectivity index (χ4n) is 2.20. The van der Waals surface area contributed by atoms with Gasteiger partial charge in [0.2, 0.25) is 12.7 Å². The van der Waals surface area contributed by atoms with Gasteiger partial charge in [-0.25, -0.2) is 0 Å². The third-order valence-electron chi connectivity index (χ3n) is 3.35. The summed E-state index contributed by atoms with van der Waals surface area (Å²) in [6.45, 7) is 0.235. The van der Waals surface area contributed by atoms with Crippen LogP contribution >= 0.6 is 27.7 Å². The van der Waals surface area contributed by atoms with E-state index in [4.69, 9.17) is 14.7 Å². The Morgan fingerprint density at radius 1 is 1.29 bits per heavy atom. The minimum Gasteiger partial charge on any atom is -0.454 e. The number of nitrogens with zero attached hydrogens (tertiary/aromatic N) is 1. The highest BCUT2D eigenvalue weighted by molar-refractivity contribution is 9.10. The Morgan fingerprint density at radius 2 is 2.04 bits per heavy atom. The second-order valence-corrected chi connectivity index (χ2v) is 6.84. The maximum Gasteiger partial charge on any atom is 0.234 e. The van der Waals surface area contributed by atoms with Crippen LogP contribution in [0.15, 0.2) is 40.9 Å². The number of ether oxygens (including phenoxy) is 2. The van der Waals surface area contributed by atoms with E-state index >= 15 is 0 Å². The Morgan fingerprint density at radius 3 is 2.83 bits per heavy atom. The van der Waals surface area contributed by atoms with E-state index in [2.05, 4.69) is 27.3 Å². The van der Waals surface area contributed by atoms with Crippen molar-refractivity contribution >= 4 is 39.3 Å². The molecule has 2 aromatic carbocycles. The van der Waals surface area contributed by atoms with Gasteiger partial charge in [0.1, 0.15) is 6.07 Å². The maximum absolute atomic E-state index is 12.0. The van der Waals surface area contributed by atoms with Crippen LogP contribution in [-0.4, -0.2) is 18.5 Å². The van der Waals surface area contributed by atoms with Gasteiger partial charge in [0.15, 0.2) is 11.5 Å². The van der Waals surface area contributed by atoms with Crippen molar-refractivity contribution in [3.05, 3.63) is 52.0 Å². The molecule has 24 heavy (non-hydrogen) atoms. The van der Waals surface area contributed by atoms with Crippen LogP contribution in [0.1, 0.15) is 11.1 Å². The molecule has 5 nitrogen and oxygen atoms in total. The first kappa shape index (κ1) is 16.7. The molecule has 1 amide bonds. The molecule has 0 radical (unpaired) electrons. The van der Waals surface area contributed by atoms with E-state index in [1.54, 1.807) is 24.3 Å². The standard InChI is InChI=1S/C17H13BrN2O3S/c18-13-6-16-15(22-10-23-16)5-12(13)8-24-9-17(21)20-14-4-2-1-3-11(14)7-19/h1-6H,8-10H2,(H,20,21). The number of rotatable bonds is 5. The third-order valence-corrected chi connectivity index (χ3v) is 5.07. The predicted molar refractivity (Wildman–Crippen MR) is 96.2 cm³/mol. The summed E-state index contributed by atoms with van der Waals surface area (Å²) in [7, 11) is 0. The van der Waals surface area contributed by atoms with Crippen LogP contribution < -0.4 is 14.8 Å². The van der Waals surface area contributed by atoms with Crippen molar-refractivity contribution in [3.8, 4) is 17.6 Å². The van der Waals surface area contributed by atoms with Gasteiger partial charge in [-0.3, -0.25) is 4.79 Å². The van der Waals surface area contributed by atoms with Crippen molar-refractivity contribution in [1.29, 1.82) is 5.26 Å². The van der Waals surface area contributed by atoms with Crippen molar-refractivity contribution in [1.82, 2.24) is 0 Å². The number of anilines is 1. The van der Waals surface area contributed by atoms with Gasteiger partial charge in [0.25, 0.3) is 0 Å². The highest BCUT2D eigenvalue weighted by Gasteiger charge is 2.16. The van der Waals surface area contributed by atoms with Gasteiger partial charge >= 0.3 is 0 Å². The first-order valence-corrected chi connectivity index (χ1v) is 9.07. The van der Waals surface area contributed by atoms with Crippen LogP contribution in [-0.2, 0) is 10.5 Å². The summed E-state index contributed by atoms with van der Waals surface area (Å²) < 4.78 is 11.6. The summed E-state index contributed by atoms with van der Waals surface area (Å²) in [4.78, 5) is 12.0. The second kappa shape index (κ2) is 7.60. The molecule has 0 aromatic heterocycles. The number of carbonyl (C=O) groups is 1. The molecule has 3 rings (SSSR count). The molecule has 1 heterocycles. The number of hydrogen-bond donors (Lipinski definition) is 1. The van der Waals surface area contributed by atoms with Crippen molar-refractivity contribution < 1.29 is 14.3 Å². The number of carbonyl (C=O) groups excluding carboxylic acids is 1. The van der Waals surface area contributed by atoms with Gasteiger partial charge in [-0.15, -0.1) is 11.8 Å². The number of hydrogen-bond acceptors (Lipinski definition) is 5. The lowest BCUT2D eigenvalue weighted by molar-refractivity contribution is -0.113. The minimum atomic E-state index is -0.139. The second-order valence-electron chi connectivity index (χ2n) is 5.00. The van der Waals surface area contributed by atoms with Gasteiger partial charge in [-0.2, -0.15) is 5.26 Å². The van der Waals surface area contributed by atoms with Gasteiger partial charge in [0.05, 0.1) is 17.0 Å². The average Bonchev–Trinajstić information content (AvgIpc) is 3.02. The molecule has 0 unspecified atom stereocenters. The molecule has 2 aromatic rings. The molecule has 0 fully saturated rings. The number of para-hydroxylation sites is 1. The zero-order chi connectivity index (χ0) is 16.9. The SMILES string of the molecule is N#Cc1ccccc1NC(=O)CSCc1cc2c(cc1Br)OCO2. The van der Waals surface area contributed by atoms with Crippen LogP contribution in [0.25, 0.3) is 0 Å². The van der Waals surface area contributed by atoms with E-state index in [1.807, 2.05) is 12.1 Å². The molecular formula is C17H13BrN2O3S. The summed E-state index contributed by atoms with van der Waals surface area (Å²) >= 11 is 4.99. The third kappa shape index (κ3) is 3.83. The van der Waals surface area contributed by atoms with E-state index in [0.717, 1.165) is 21.5 Å². The van der Waals surface area contributed by atoms with Crippen LogP contribution in [0, 0.1) is 11.3 Å².